The molecule has 1 heterocycles. The lowest BCUT2D eigenvalue weighted by atomic mass is 10.2. The van der Waals surface area contributed by atoms with Crippen LogP contribution in [0.1, 0.15) is 10.4 Å². The fourth-order valence-electron chi connectivity index (χ4n) is 3.05. The molecule has 1 fully saturated rings. The van der Waals surface area contributed by atoms with Gasteiger partial charge in [0.1, 0.15) is 16.5 Å². The van der Waals surface area contributed by atoms with Crippen LogP contribution in [0.4, 0.5) is 10.1 Å². The summed E-state index contributed by atoms with van der Waals surface area (Å²) >= 11 is 5.74. The zero-order valence-corrected chi connectivity index (χ0v) is 18.5. The van der Waals surface area contributed by atoms with Crippen LogP contribution in [0.15, 0.2) is 41.3 Å². The maximum atomic E-state index is 13.3. The zero-order chi connectivity index (χ0) is 22.6. The smallest absolute Gasteiger partial charge is 0.255 e. The van der Waals surface area contributed by atoms with E-state index in [-0.39, 0.29) is 53.2 Å². The van der Waals surface area contributed by atoms with Crippen LogP contribution in [-0.2, 0) is 19.5 Å². The maximum absolute atomic E-state index is 13.3. The molecule has 0 aromatic heterocycles. The summed E-state index contributed by atoms with van der Waals surface area (Å²) in [6, 6.07) is 7.81. The van der Waals surface area contributed by atoms with Gasteiger partial charge in [0.05, 0.1) is 31.5 Å². The normalized spacial score (nSPS) is 17.7. The van der Waals surface area contributed by atoms with Crippen molar-refractivity contribution >= 4 is 33.2 Å². The third-order valence-electron chi connectivity index (χ3n) is 4.75. The van der Waals surface area contributed by atoms with Crippen LogP contribution >= 0.6 is 11.6 Å². The van der Waals surface area contributed by atoms with Crippen LogP contribution in [0.2, 0.25) is 5.02 Å². The number of benzene rings is 2. The molecule has 1 aliphatic heterocycles. The van der Waals surface area contributed by atoms with Crippen molar-refractivity contribution in [2.24, 2.45) is 0 Å². The summed E-state index contributed by atoms with van der Waals surface area (Å²) < 4.78 is 57.2. The Morgan fingerprint density at radius 2 is 2.03 bits per heavy atom. The average Bonchev–Trinajstić information content (AvgIpc) is 3.02. The highest BCUT2D eigenvalue weighted by molar-refractivity contribution is 7.89. The first-order chi connectivity index (χ1) is 14.8. The number of halogens is 2. The molecular weight excluding hydrogens is 451 g/mol. The number of carbonyl (C=O) groups excluding carboxylic acids is 1. The number of sulfonamides is 1. The monoisotopic (exact) mass is 472 g/mol. The van der Waals surface area contributed by atoms with E-state index in [9.17, 15) is 17.6 Å². The number of amides is 1. The van der Waals surface area contributed by atoms with Crippen molar-refractivity contribution in [3.63, 3.8) is 0 Å². The Hall–Kier alpha value is -2.24. The first-order valence-corrected chi connectivity index (χ1v) is 11.1. The van der Waals surface area contributed by atoms with Gasteiger partial charge in [-0.15, -0.1) is 0 Å². The van der Waals surface area contributed by atoms with Crippen LogP contribution in [0.3, 0.4) is 0 Å². The van der Waals surface area contributed by atoms with E-state index in [1.165, 1.54) is 48.9 Å². The van der Waals surface area contributed by atoms with Crippen molar-refractivity contribution in [2.75, 3.05) is 45.8 Å². The third kappa shape index (κ3) is 5.34. The number of hydrogen-bond acceptors (Lipinski definition) is 6. The van der Waals surface area contributed by atoms with E-state index in [0.29, 0.717) is 0 Å². The van der Waals surface area contributed by atoms with Gasteiger partial charge >= 0.3 is 0 Å². The van der Waals surface area contributed by atoms with Crippen molar-refractivity contribution in [3.8, 4) is 5.75 Å². The van der Waals surface area contributed by atoms with E-state index in [1.54, 1.807) is 0 Å². The summed E-state index contributed by atoms with van der Waals surface area (Å²) in [6.45, 7) is 0.734. The molecule has 0 bridgehead atoms. The Kier molecular flexibility index (Phi) is 7.50. The average molecular weight is 473 g/mol. The number of nitrogens with one attached hydrogen (secondary N) is 1. The van der Waals surface area contributed by atoms with Gasteiger partial charge in [-0.3, -0.25) is 4.79 Å². The molecule has 2 aromatic rings. The van der Waals surface area contributed by atoms with E-state index in [0.717, 1.165) is 6.07 Å². The largest absolute Gasteiger partial charge is 0.495 e. The Bertz CT molecular complexity index is 1070. The lowest BCUT2D eigenvalue weighted by Crippen LogP contribution is -2.38. The predicted octanol–water partition coefficient (Wildman–Crippen LogP) is 2.78. The molecule has 1 unspecified atom stereocenters. The number of ether oxygens (including phenoxy) is 3. The van der Waals surface area contributed by atoms with Gasteiger partial charge in [-0.05, 0) is 36.4 Å². The van der Waals surface area contributed by atoms with Crippen molar-refractivity contribution in [2.45, 2.75) is 11.0 Å². The summed E-state index contributed by atoms with van der Waals surface area (Å²) in [6.07, 6.45) is -0.419. The predicted molar refractivity (Wildman–Crippen MR) is 113 cm³/mol. The van der Waals surface area contributed by atoms with E-state index in [4.69, 9.17) is 25.8 Å². The molecule has 1 amide bonds. The van der Waals surface area contributed by atoms with Gasteiger partial charge in [-0.2, -0.15) is 4.31 Å². The van der Waals surface area contributed by atoms with Gasteiger partial charge in [0, 0.05) is 31.5 Å². The van der Waals surface area contributed by atoms with Gasteiger partial charge in [-0.1, -0.05) is 11.6 Å². The second kappa shape index (κ2) is 9.92. The topological polar surface area (TPSA) is 94.2 Å². The van der Waals surface area contributed by atoms with E-state index in [2.05, 4.69) is 5.32 Å². The van der Waals surface area contributed by atoms with Gasteiger partial charge < -0.3 is 19.5 Å². The lowest BCUT2D eigenvalue weighted by Gasteiger charge is -2.23. The molecule has 11 heteroatoms. The molecule has 0 spiro atoms. The second-order valence-electron chi connectivity index (χ2n) is 6.74. The maximum Gasteiger partial charge on any atom is 0.255 e. The van der Waals surface area contributed by atoms with Crippen LogP contribution in [0, 0.1) is 5.82 Å². The number of hydrogen-bond donors (Lipinski definition) is 1. The number of anilines is 1. The summed E-state index contributed by atoms with van der Waals surface area (Å²) in [5, 5.41) is 2.42. The Morgan fingerprint density at radius 3 is 2.71 bits per heavy atom. The zero-order valence-electron chi connectivity index (χ0n) is 16.9. The van der Waals surface area contributed by atoms with Gasteiger partial charge in [0.15, 0.2) is 0 Å². The highest BCUT2D eigenvalue weighted by atomic mass is 35.5. The first-order valence-electron chi connectivity index (χ1n) is 9.31. The number of carbonyl (C=O) groups is 1. The molecule has 0 radical (unpaired) electrons. The Morgan fingerprint density at radius 1 is 1.26 bits per heavy atom. The molecule has 0 saturated carbocycles. The van der Waals surface area contributed by atoms with Gasteiger partial charge in [0.2, 0.25) is 10.0 Å². The number of rotatable bonds is 6. The van der Waals surface area contributed by atoms with Crippen molar-refractivity contribution in [1.29, 1.82) is 0 Å². The quantitative estimate of drug-likeness (QED) is 0.694. The van der Waals surface area contributed by atoms with E-state index in [1.807, 2.05) is 0 Å². The summed E-state index contributed by atoms with van der Waals surface area (Å²) in [5.41, 5.74) is 0.346. The minimum absolute atomic E-state index is 0.0779. The summed E-state index contributed by atoms with van der Waals surface area (Å²) in [5.74, 6) is -1.11. The minimum Gasteiger partial charge on any atom is -0.495 e. The first kappa shape index (κ1) is 23.4. The fraction of sp³-hybridized carbons (Fsp3) is 0.350. The number of methoxy groups -OCH3 is 2. The van der Waals surface area contributed by atoms with Gasteiger partial charge in [0.25, 0.3) is 5.91 Å². The van der Waals surface area contributed by atoms with Crippen molar-refractivity contribution < 1.29 is 31.8 Å². The minimum atomic E-state index is -4.01. The molecule has 168 valence electrons. The molecule has 31 heavy (non-hydrogen) atoms. The molecule has 3 rings (SSSR count). The SMILES string of the molecule is COc1ccc(C(=O)Nc2ccc(F)c(Cl)c2)cc1S(=O)(=O)N1CCOCC(OC)C1. The molecule has 1 N–H and O–H groups in total. The van der Waals surface area contributed by atoms with E-state index >= 15 is 0 Å². The van der Waals surface area contributed by atoms with Crippen LogP contribution in [0.5, 0.6) is 5.75 Å². The molecule has 2 aromatic carbocycles. The van der Waals surface area contributed by atoms with Gasteiger partial charge in [-0.25, -0.2) is 12.8 Å². The molecule has 8 nitrogen and oxygen atoms in total. The fourth-order valence-corrected chi connectivity index (χ4v) is 4.87. The third-order valence-corrected chi connectivity index (χ3v) is 6.93. The molecular formula is C20H22ClFN2O6S. The number of nitrogens with zero attached hydrogens (tertiary/aromatic N) is 1. The van der Waals surface area contributed by atoms with Crippen LogP contribution in [-0.4, -0.2) is 65.3 Å². The summed E-state index contributed by atoms with van der Waals surface area (Å²) in [7, 11) is -1.19. The molecule has 1 saturated heterocycles. The second-order valence-corrected chi connectivity index (χ2v) is 9.06. The highest BCUT2D eigenvalue weighted by Gasteiger charge is 2.32. The highest BCUT2D eigenvalue weighted by Crippen LogP contribution is 2.29. The van der Waals surface area contributed by atoms with Crippen LogP contribution in [0.25, 0.3) is 0 Å². The van der Waals surface area contributed by atoms with Crippen molar-refractivity contribution in [3.05, 3.63) is 52.8 Å². The Labute approximate surface area is 184 Å². The van der Waals surface area contributed by atoms with Crippen LogP contribution < -0.4 is 10.1 Å². The lowest BCUT2D eigenvalue weighted by molar-refractivity contribution is 0.0259. The Balaban J connectivity index is 1.92. The summed E-state index contributed by atoms with van der Waals surface area (Å²) in [4.78, 5) is 12.5. The van der Waals surface area contributed by atoms with Crippen molar-refractivity contribution in [1.82, 2.24) is 4.31 Å². The van der Waals surface area contributed by atoms with E-state index < -0.39 is 27.9 Å². The molecule has 1 aliphatic rings. The standard InChI is InChI=1S/C20H22ClFN2O6S/c1-28-15-11-24(7-8-30-12-15)31(26,27)19-9-13(3-6-18(19)29-2)20(25)23-14-4-5-17(22)16(21)10-14/h3-6,9-10,15H,7-8,11-12H2,1-2H3,(H,23,25). The molecule has 0 aliphatic carbocycles. The molecule has 1 atom stereocenters.